The molecule has 0 aromatic carbocycles. The van der Waals surface area contributed by atoms with Crippen LogP contribution in [0.5, 0.6) is 0 Å². The third-order valence-corrected chi connectivity index (χ3v) is 2.09. The second kappa shape index (κ2) is 6.24. The summed E-state index contributed by atoms with van der Waals surface area (Å²) in [5.74, 6) is -0.178. The minimum atomic E-state index is -0.178. The normalized spacial score (nSPS) is 10.6. The van der Waals surface area contributed by atoms with Crippen molar-refractivity contribution < 1.29 is 13.9 Å². The Kier molecular flexibility index (Phi) is 4.90. The lowest BCUT2D eigenvalue weighted by molar-refractivity contribution is -0.144. The van der Waals surface area contributed by atoms with Gasteiger partial charge in [-0.25, -0.2) is 0 Å². The molecule has 4 heteroatoms. The van der Waals surface area contributed by atoms with Gasteiger partial charge in [0.25, 0.3) is 0 Å². The number of rotatable bonds is 6. The van der Waals surface area contributed by atoms with Gasteiger partial charge >= 0.3 is 5.97 Å². The Labute approximate surface area is 89.8 Å². The first-order valence-corrected chi connectivity index (χ1v) is 5.15. The molecule has 0 aliphatic carbocycles. The largest absolute Gasteiger partial charge is 0.472 e. The fraction of sp³-hybridized carbons (Fsp3) is 0.545. The molecular weight excluding hydrogens is 194 g/mol. The van der Waals surface area contributed by atoms with Crippen molar-refractivity contribution in [1.82, 2.24) is 4.90 Å². The van der Waals surface area contributed by atoms with Gasteiger partial charge < -0.3 is 9.15 Å². The minimum absolute atomic E-state index is 0.178. The summed E-state index contributed by atoms with van der Waals surface area (Å²) in [5.41, 5.74) is 1.07. The maximum Gasteiger partial charge on any atom is 0.320 e. The van der Waals surface area contributed by atoms with Gasteiger partial charge in [0.05, 0.1) is 25.7 Å². The van der Waals surface area contributed by atoms with Crippen molar-refractivity contribution in [2.24, 2.45) is 0 Å². The molecule has 4 nitrogen and oxygen atoms in total. The summed E-state index contributed by atoms with van der Waals surface area (Å²) in [6, 6.07) is 1.90. The molecular formula is C11H17NO3. The van der Waals surface area contributed by atoms with Crippen LogP contribution in [0.25, 0.3) is 0 Å². The number of esters is 1. The van der Waals surface area contributed by atoms with Crippen LogP contribution in [0.1, 0.15) is 19.4 Å². The highest BCUT2D eigenvalue weighted by Gasteiger charge is 2.10. The predicted octanol–water partition coefficient (Wildman–Crippen LogP) is 1.66. The van der Waals surface area contributed by atoms with Crippen molar-refractivity contribution in [3.8, 4) is 0 Å². The summed E-state index contributed by atoms with van der Waals surface area (Å²) in [7, 11) is 0. The summed E-state index contributed by atoms with van der Waals surface area (Å²) >= 11 is 0. The van der Waals surface area contributed by atoms with Crippen LogP contribution in [0.4, 0.5) is 0 Å². The summed E-state index contributed by atoms with van der Waals surface area (Å²) in [6.45, 7) is 6.11. The molecule has 0 atom stereocenters. The molecule has 15 heavy (non-hydrogen) atoms. The number of likely N-dealkylation sites (N-methyl/N-ethyl adjacent to an activating group) is 1. The van der Waals surface area contributed by atoms with Gasteiger partial charge in [0.2, 0.25) is 0 Å². The van der Waals surface area contributed by atoms with E-state index in [2.05, 4.69) is 0 Å². The molecule has 1 aromatic rings. The van der Waals surface area contributed by atoms with Gasteiger partial charge in [-0.2, -0.15) is 0 Å². The van der Waals surface area contributed by atoms with Gasteiger partial charge in [-0.15, -0.1) is 0 Å². The monoisotopic (exact) mass is 211 g/mol. The zero-order chi connectivity index (χ0) is 11.1. The van der Waals surface area contributed by atoms with Crippen molar-refractivity contribution in [2.45, 2.75) is 20.4 Å². The zero-order valence-corrected chi connectivity index (χ0v) is 9.23. The Morgan fingerprint density at radius 3 is 2.87 bits per heavy atom. The number of carbonyl (C=O) groups excluding carboxylic acids is 1. The molecule has 0 saturated carbocycles. The molecule has 0 N–H and O–H groups in total. The molecule has 0 amide bonds. The maximum atomic E-state index is 11.3. The lowest BCUT2D eigenvalue weighted by Gasteiger charge is -2.17. The van der Waals surface area contributed by atoms with Gasteiger partial charge in [-0.1, -0.05) is 6.92 Å². The van der Waals surface area contributed by atoms with E-state index in [4.69, 9.17) is 9.15 Å². The highest BCUT2D eigenvalue weighted by molar-refractivity contribution is 5.71. The highest BCUT2D eigenvalue weighted by Crippen LogP contribution is 2.04. The summed E-state index contributed by atoms with van der Waals surface area (Å²) in [6.07, 6.45) is 3.32. The van der Waals surface area contributed by atoms with Crippen molar-refractivity contribution in [3.63, 3.8) is 0 Å². The molecule has 1 rings (SSSR count). The molecule has 0 unspecified atom stereocenters. The van der Waals surface area contributed by atoms with E-state index in [0.717, 1.165) is 12.1 Å². The van der Waals surface area contributed by atoms with E-state index in [9.17, 15) is 4.79 Å². The number of furan rings is 1. The number of hydrogen-bond acceptors (Lipinski definition) is 4. The zero-order valence-electron chi connectivity index (χ0n) is 9.23. The fourth-order valence-electron chi connectivity index (χ4n) is 1.31. The van der Waals surface area contributed by atoms with E-state index in [1.165, 1.54) is 0 Å². The van der Waals surface area contributed by atoms with Crippen molar-refractivity contribution in [3.05, 3.63) is 24.2 Å². The first-order valence-electron chi connectivity index (χ1n) is 5.15. The highest BCUT2D eigenvalue weighted by atomic mass is 16.5. The summed E-state index contributed by atoms with van der Waals surface area (Å²) < 4.78 is 9.86. The Morgan fingerprint density at radius 1 is 1.53 bits per heavy atom. The minimum Gasteiger partial charge on any atom is -0.472 e. The number of carbonyl (C=O) groups is 1. The summed E-state index contributed by atoms with van der Waals surface area (Å²) in [5, 5.41) is 0. The van der Waals surface area contributed by atoms with E-state index in [1.54, 1.807) is 12.5 Å². The Hall–Kier alpha value is -1.29. The van der Waals surface area contributed by atoms with Crippen LogP contribution >= 0.6 is 0 Å². The van der Waals surface area contributed by atoms with Crippen LogP contribution in [0.3, 0.4) is 0 Å². The van der Waals surface area contributed by atoms with Crippen molar-refractivity contribution >= 4 is 5.97 Å². The van der Waals surface area contributed by atoms with Crippen LogP contribution in [-0.2, 0) is 16.1 Å². The van der Waals surface area contributed by atoms with Gasteiger partial charge in [-0.05, 0) is 19.5 Å². The number of hydrogen-bond donors (Lipinski definition) is 0. The smallest absolute Gasteiger partial charge is 0.320 e. The van der Waals surface area contributed by atoms with Gasteiger partial charge in [-0.3, -0.25) is 9.69 Å². The molecule has 0 fully saturated rings. The third-order valence-electron chi connectivity index (χ3n) is 2.09. The van der Waals surface area contributed by atoms with Gasteiger partial charge in [0.1, 0.15) is 0 Å². The van der Waals surface area contributed by atoms with Crippen LogP contribution < -0.4 is 0 Å². The Bertz CT molecular complexity index is 282. The average molecular weight is 211 g/mol. The number of ether oxygens (including phenoxy) is 1. The lowest BCUT2D eigenvalue weighted by Crippen LogP contribution is -2.30. The Balaban J connectivity index is 2.39. The van der Waals surface area contributed by atoms with E-state index in [0.29, 0.717) is 19.7 Å². The maximum absolute atomic E-state index is 11.3. The van der Waals surface area contributed by atoms with E-state index in [1.807, 2.05) is 24.8 Å². The average Bonchev–Trinajstić information content (AvgIpc) is 2.70. The molecule has 1 aromatic heterocycles. The molecule has 0 spiro atoms. The third kappa shape index (κ3) is 4.16. The second-order valence-electron chi connectivity index (χ2n) is 3.24. The van der Waals surface area contributed by atoms with Crippen molar-refractivity contribution in [2.75, 3.05) is 19.7 Å². The van der Waals surface area contributed by atoms with Gasteiger partial charge in [0, 0.05) is 12.1 Å². The topological polar surface area (TPSA) is 42.7 Å². The van der Waals surface area contributed by atoms with Crippen LogP contribution in [0, 0.1) is 0 Å². The molecule has 0 bridgehead atoms. The van der Waals surface area contributed by atoms with Crippen LogP contribution in [-0.4, -0.2) is 30.6 Å². The number of nitrogens with zero attached hydrogens (tertiary/aromatic N) is 1. The molecule has 0 radical (unpaired) electrons. The Morgan fingerprint density at radius 2 is 2.33 bits per heavy atom. The molecule has 84 valence electrons. The van der Waals surface area contributed by atoms with E-state index in [-0.39, 0.29) is 5.97 Å². The standard InChI is InChI=1S/C11H17NO3/c1-3-12(8-11(13)15-4-2)7-10-5-6-14-9-10/h5-6,9H,3-4,7-8H2,1-2H3. The summed E-state index contributed by atoms with van der Waals surface area (Å²) in [4.78, 5) is 13.3. The lowest BCUT2D eigenvalue weighted by atomic mass is 10.3. The van der Waals surface area contributed by atoms with E-state index >= 15 is 0 Å². The second-order valence-corrected chi connectivity index (χ2v) is 3.24. The van der Waals surface area contributed by atoms with Crippen LogP contribution in [0.2, 0.25) is 0 Å². The molecule has 0 aliphatic heterocycles. The molecule has 0 aliphatic rings. The molecule has 1 heterocycles. The van der Waals surface area contributed by atoms with E-state index < -0.39 is 0 Å². The first kappa shape index (κ1) is 11.8. The fourth-order valence-corrected chi connectivity index (χ4v) is 1.31. The van der Waals surface area contributed by atoms with Crippen molar-refractivity contribution in [1.29, 1.82) is 0 Å². The van der Waals surface area contributed by atoms with Crippen LogP contribution in [0.15, 0.2) is 23.0 Å². The SMILES string of the molecule is CCOC(=O)CN(CC)Cc1ccoc1. The first-order chi connectivity index (χ1) is 7.26. The molecule has 0 saturated heterocycles. The van der Waals surface area contributed by atoms with Gasteiger partial charge in [0.15, 0.2) is 0 Å². The predicted molar refractivity (Wildman–Crippen MR) is 56.3 cm³/mol. The quantitative estimate of drug-likeness (QED) is 0.671.